The first-order valence-electron chi connectivity index (χ1n) is 9.87. The number of ether oxygens (including phenoxy) is 1. The number of rotatable bonds is 8. The van der Waals surface area contributed by atoms with Gasteiger partial charge >= 0.3 is 29.6 Å². The first kappa shape index (κ1) is 26.0. The molecule has 0 aliphatic heterocycles. The van der Waals surface area contributed by atoms with Crippen LogP contribution in [0.15, 0.2) is 42.5 Å². The van der Waals surface area contributed by atoms with Crippen molar-refractivity contribution in [2.24, 2.45) is 5.41 Å². The zero-order valence-corrected chi connectivity index (χ0v) is 21.2. The summed E-state index contributed by atoms with van der Waals surface area (Å²) in [6.45, 7) is 11.5. The molecule has 0 bridgehead atoms. The Balaban J connectivity index is 0.00000420. The van der Waals surface area contributed by atoms with Crippen molar-refractivity contribution in [2.75, 3.05) is 6.61 Å². The second-order valence-corrected chi connectivity index (χ2v) is 8.87. The average molecular weight is 425 g/mol. The van der Waals surface area contributed by atoms with E-state index in [0.717, 1.165) is 30.4 Å². The second kappa shape index (κ2) is 10.9. The van der Waals surface area contributed by atoms with Crippen molar-refractivity contribution < 1.29 is 44.2 Å². The molecule has 0 unspecified atom stereocenters. The monoisotopic (exact) mass is 424 g/mol. The SMILES string of the molecule is CCC(CC)(c1ccc(C(=O)[O-])cc1)c1ccc(OCCC(C)(C)C)c(Cl)c1.[Na+]. The molecule has 3 nitrogen and oxygen atoms in total. The molecule has 0 aliphatic rings. The minimum absolute atomic E-state index is 0. The third-order valence-electron chi connectivity index (χ3n) is 5.47. The van der Waals surface area contributed by atoms with E-state index in [-0.39, 0.29) is 46.0 Å². The molecular weight excluding hydrogens is 395 g/mol. The topological polar surface area (TPSA) is 49.4 Å². The van der Waals surface area contributed by atoms with Gasteiger partial charge in [-0.05, 0) is 53.5 Å². The largest absolute Gasteiger partial charge is 1.00 e. The quantitative estimate of drug-likeness (QED) is 0.612. The number of carbonyl (C=O) groups is 1. The molecule has 2 aromatic carbocycles. The number of benzene rings is 2. The maximum absolute atomic E-state index is 11.1. The fourth-order valence-corrected chi connectivity index (χ4v) is 3.78. The van der Waals surface area contributed by atoms with Crippen LogP contribution in [0.5, 0.6) is 5.75 Å². The van der Waals surface area contributed by atoms with Crippen molar-refractivity contribution in [1.29, 1.82) is 0 Å². The molecule has 0 atom stereocenters. The zero-order chi connectivity index (χ0) is 20.9. The van der Waals surface area contributed by atoms with Gasteiger partial charge in [0.2, 0.25) is 0 Å². The van der Waals surface area contributed by atoms with Gasteiger partial charge in [0.15, 0.2) is 0 Å². The van der Waals surface area contributed by atoms with Crippen molar-refractivity contribution in [2.45, 2.75) is 59.3 Å². The zero-order valence-electron chi connectivity index (χ0n) is 18.5. The average Bonchev–Trinajstić information content (AvgIpc) is 2.64. The Morgan fingerprint density at radius 1 is 1.00 bits per heavy atom. The minimum atomic E-state index is -1.16. The summed E-state index contributed by atoms with van der Waals surface area (Å²) in [6, 6.07) is 13.0. The van der Waals surface area contributed by atoms with E-state index < -0.39 is 5.97 Å². The molecule has 0 spiro atoms. The van der Waals surface area contributed by atoms with E-state index in [1.54, 1.807) is 12.1 Å². The number of aromatic carboxylic acids is 1. The van der Waals surface area contributed by atoms with Crippen molar-refractivity contribution >= 4 is 17.6 Å². The summed E-state index contributed by atoms with van der Waals surface area (Å²) < 4.78 is 5.89. The summed E-state index contributed by atoms with van der Waals surface area (Å²) in [6.07, 6.45) is 2.69. The molecule has 0 radical (unpaired) electrons. The van der Waals surface area contributed by atoms with Gasteiger partial charge in [-0.2, -0.15) is 0 Å². The Hall–Kier alpha value is -1.000. The van der Waals surface area contributed by atoms with Crippen LogP contribution >= 0.6 is 11.6 Å². The predicted molar refractivity (Wildman–Crippen MR) is 113 cm³/mol. The number of hydrogen-bond donors (Lipinski definition) is 0. The molecule has 2 rings (SSSR count). The van der Waals surface area contributed by atoms with Gasteiger partial charge in [-0.1, -0.05) is 76.6 Å². The third-order valence-corrected chi connectivity index (χ3v) is 5.77. The smallest absolute Gasteiger partial charge is 0.545 e. The number of carboxylic acids is 1. The van der Waals surface area contributed by atoms with Crippen LogP contribution < -0.4 is 39.4 Å². The normalized spacial score (nSPS) is 11.7. The van der Waals surface area contributed by atoms with Gasteiger partial charge in [0, 0.05) is 5.41 Å². The van der Waals surface area contributed by atoms with Crippen LogP contribution in [0.25, 0.3) is 0 Å². The van der Waals surface area contributed by atoms with E-state index >= 15 is 0 Å². The minimum Gasteiger partial charge on any atom is -0.545 e. The Kier molecular flexibility index (Phi) is 9.75. The van der Waals surface area contributed by atoms with Crippen molar-refractivity contribution in [1.82, 2.24) is 0 Å². The van der Waals surface area contributed by atoms with E-state index in [0.29, 0.717) is 17.4 Å². The summed E-state index contributed by atoms with van der Waals surface area (Å²) in [5, 5.41) is 11.7. The summed E-state index contributed by atoms with van der Waals surface area (Å²) >= 11 is 6.54. The summed E-state index contributed by atoms with van der Waals surface area (Å²) in [4.78, 5) is 11.1. The van der Waals surface area contributed by atoms with Crippen molar-refractivity contribution in [3.05, 3.63) is 64.2 Å². The van der Waals surface area contributed by atoms with Crippen LogP contribution in [0.4, 0.5) is 0 Å². The molecule has 0 saturated carbocycles. The van der Waals surface area contributed by atoms with Gasteiger partial charge < -0.3 is 14.6 Å². The molecule has 152 valence electrons. The Labute approximate surface area is 202 Å². The van der Waals surface area contributed by atoms with Crippen LogP contribution in [0, 0.1) is 5.41 Å². The van der Waals surface area contributed by atoms with E-state index in [9.17, 15) is 9.90 Å². The van der Waals surface area contributed by atoms with E-state index in [2.05, 4.69) is 40.7 Å². The van der Waals surface area contributed by atoms with E-state index in [4.69, 9.17) is 16.3 Å². The van der Waals surface area contributed by atoms with E-state index in [1.807, 2.05) is 24.3 Å². The Morgan fingerprint density at radius 3 is 2.00 bits per heavy atom. The standard InChI is InChI=1S/C24H31ClO3.Na/c1-6-24(7-2,18-10-8-17(9-11-18)22(26)27)19-12-13-21(20(25)16-19)28-15-14-23(3,4)5;/h8-13,16H,6-7,14-15H2,1-5H3,(H,26,27);/q;+1/p-1. The molecule has 29 heavy (non-hydrogen) atoms. The maximum atomic E-state index is 11.1. The summed E-state index contributed by atoms with van der Waals surface area (Å²) in [5.74, 6) is -0.465. The number of carboxylic acid groups (broad SMARTS) is 1. The Morgan fingerprint density at radius 2 is 1.55 bits per heavy atom. The first-order chi connectivity index (χ1) is 13.1. The van der Waals surface area contributed by atoms with Gasteiger partial charge in [-0.15, -0.1) is 0 Å². The van der Waals surface area contributed by atoms with Gasteiger partial charge in [-0.3, -0.25) is 0 Å². The van der Waals surface area contributed by atoms with Gasteiger partial charge in [-0.25, -0.2) is 0 Å². The fourth-order valence-electron chi connectivity index (χ4n) is 3.54. The van der Waals surface area contributed by atoms with Crippen LogP contribution in [-0.2, 0) is 5.41 Å². The van der Waals surface area contributed by atoms with Crippen LogP contribution in [-0.4, -0.2) is 12.6 Å². The number of hydrogen-bond acceptors (Lipinski definition) is 3. The van der Waals surface area contributed by atoms with Crippen LogP contribution in [0.3, 0.4) is 0 Å². The van der Waals surface area contributed by atoms with Crippen LogP contribution in [0.1, 0.15) is 75.4 Å². The van der Waals surface area contributed by atoms with Gasteiger partial charge in [0.25, 0.3) is 0 Å². The van der Waals surface area contributed by atoms with E-state index in [1.165, 1.54) is 0 Å². The molecule has 2 aromatic rings. The third kappa shape index (κ3) is 6.49. The fraction of sp³-hybridized carbons (Fsp3) is 0.458. The molecule has 0 aliphatic carbocycles. The van der Waals surface area contributed by atoms with Gasteiger partial charge in [0.1, 0.15) is 5.75 Å². The molecule has 0 N–H and O–H groups in total. The number of carbonyl (C=O) groups excluding carboxylic acids is 1. The molecule has 5 heteroatoms. The second-order valence-electron chi connectivity index (χ2n) is 8.46. The predicted octanol–water partition coefficient (Wildman–Crippen LogP) is 2.63. The summed E-state index contributed by atoms with van der Waals surface area (Å²) in [5.41, 5.74) is 2.33. The number of halogens is 1. The molecule has 0 saturated heterocycles. The molecule has 0 aromatic heterocycles. The molecule has 0 amide bonds. The molecule has 0 fully saturated rings. The first-order valence-corrected chi connectivity index (χ1v) is 10.3. The maximum Gasteiger partial charge on any atom is 1.00 e. The Bertz CT molecular complexity index is 806. The van der Waals surface area contributed by atoms with Crippen LogP contribution in [0.2, 0.25) is 5.02 Å². The van der Waals surface area contributed by atoms with Gasteiger partial charge in [0.05, 0.1) is 17.6 Å². The van der Waals surface area contributed by atoms with Crippen molar-refractivity contribution in [3.63, 3.8) is 0 Å². The van der Waals surface area contributed by atoms with Crippen molar-refractivity contribution in [3.8, 4) is 5.75 Å². The molecular formula is C24H30ClNaO3. The molecule has 0 heterocycles. The summed E-state index contributed by atoms with van der Waals surface area (Å²) in [7, 11) is 0.